The molecule has 2 aromatic rings. The molecule has 1 aromatic heterocycles. The zero-order valence-corrected chi connectivity index (χ0v) is 14.4. The molecule has 0 bridgehead atoms. The second-order valence-electron chi connectivity index (χ2n) is 6.33. The number of hydrogen-bond donors (Lipinski definition) is 5. The number of aromatic amines is 1. The Morgan fingerprint density at radius 3 is 2.82 bits per heavy atom. The van der Waals surface area contributed by atoms with Gasteiger partial charge in [0.15, 0.2) is 0 Å². The number of halogens is 3. The SMILES string of the molecule is O=C1NCC(C(=O)NCC(O)CO)C=C1c1cc(C(F)(F)F)cc2[nH]ncc12. The van der Waals surface area contributed by atoms with Gasteiger partial charge in [-0.3, -0.25) is 14.7 Å². The molecule has 2 unspecified atom stereocenters. The molecule has 2 atom stereocenters. The van der Waals surface area contributed by atoms with E-state index in [2.05, 4.69) is 20.8 Å². The molecule has 0 fully saturated rings. The Labute approximate surface area is 156 Å². The lowest BCUT2D eigenvalue weighted by Gasteiger charge is -2.22. The Kier molecular flexibility index (Phi) is 5.38. The van der Waals surface area contributed by atoms with Crippen LogP contribution in [0.1, 0.15) is 11.1 Å². The Morgan fingerprint density at radius 1 is 1.39 bits per heavy atom. The Morgan fingerprint density at radius 2 is 2.14 bits per heavy atom. The van der Waals surface area contributed by atoms with Crippen molar-refractivity contribution in [1.29, 1.82) is 0 Å². The fourth-order valence-electron chi connectivity index (χ4n) is 2.87. The van der Waals surface area contributed by atoms with E-state index in [1.54, 1.807) is 0 Å². The number of hydrogen-bond acceptors (Lipinski definition) is 5. The van der Waals surface area contributed by atoms with E-state index >= 15 is 0 Å². The van der Waals surface area contributed by atoms with Crippen LogP contribution in [0.4, 0.5) is 13.2 Å². The normalized spacial score (nSPS) is 18.5. The van der Waals surface area contributed by atoms with Gasteiger partial charge >= 0.3 is 6.18 Å². The summed E-state index contributed by atoms with van der Waals surface area (Å²) in [4.78, 5) is 24.5. The van der Waals surface area contributed by atoms with E-state index in [1.165, 1.54) is 12.3 Å². The zero-order chi connectivity index (χ0) is 20.5. The number of rotatable bonds is 5. The summed E-state index contributed by atoms with van der Waals surface area (Å²) >= 11 is 0. The first kappa shape index (κ1) is 19.8. The average Bonchev–Trinajstić information content (AvgIpc) is 3.13. The molecule has 1 aromatic carbocycles. The van der Waals surface area contributed by atoms with Crippen LogP contribution in [0.2, 0.25) is 0 Å². The van der Waals surface area contributed by atoms with Gasteiger partial charge in [-0.2, -0.15) is 18.3 Å². The van der Waals surface area contributed by atoms with Gasteiger partial charge in [-0.1, -0.05) is 6.08 Å². The molecule has 11 heteroatoms. The minimum atomic E-state index is -4.63. The average molecular weight is 398 g/mol. The summed E-state index contributed by atoms with van der Waals surface area (Å²) in [6, 6.07) is 1.74. The molecule has 1 aliphatic rings. The molecule has 0 saturated carbocycles. The van der Waals surface area contributed by atoms with Crippen molar-refractivity contribution >= 4 is 28.3 Å². The van der Waals surface area contributed by atoms with Gasteiger partial charge < -0.3 is 20.8 Å². The van der Waals surface area contributed by atoms with E-state index in [9.17, 15) is 27.9 Å². The van der Waals surface area contributed by atoms with Gasteiger partial charge in [0, 0.05) is 24.0 Å². The number of nitrogens with one attached hydrogen (secondary N) is 3. The lowest BCUT2D eigenvalue weighted by Crippen LogP contribution is -2.44. The first-order chi connectivity index (χ1) is 13.2. The lowest BCUT2D eigenvalue weighted by molar-refractivity contribution is -0.137. The van der Waals surface area contributed by atoms with Crippen molar-refractivity contribution in [3.05, 3.63) is 35.5 Å². The van der Waals surface area contributed by atoms with E-state index in [-0.39, 0.29) is 29.7 Å². The summed E-state index contributed by atoms with van der Waals surface area (Å²) < 4.78 is 39.7. The van der Waals surface area contributed by atoms with Crippen LogP contribution < -0.4 is 10.6 Å². The molecule has 0 aliphatic carbocycles. The number of H-pyrrole nitrogens is 1. The molecule has 8 nitrogen and oxygen atoms in total. The number of fused-ring (bicyclic) bond motifs is 1. The number of aliphatic hydroxyl groups excluding tert-OH is 2. The third-order valence-electron chi connectivity index (χ3n) is 4.33. The number of benzene rings is 1. The first-order valence-electron chi connectivity index (χ1n) is 8.32. The second-order valence-corrected chi connectivity index (χ2v) is 6.33. The van der Waals surface area contributed by atoms with E-state index in [0.717, 1.165) is 12.1 Å². The molecule has 150 valence electrons. The molecule has 0 spiro atoms. The minimum Gasteiger partial charge on any atom is -0.394 e. The van der Waals surface area contributed by atoms with Crippen LogP contribution in [0.15, 0.2) is 24.4 Å². The third-order valence-corrected chi connectivity index (χ3v) is 4.33. The van der Waals surface area contributed by atoms with Gasteiger partial charge in [-0.05, 0) is 17.7 Å². The Hall–Kier alpha value is -2.92. The summed E-state index contributed by atoms with van der Waals surface area (Å²) in [5.74, 6) is -2.00. The highest BCUT2D eigenvalue weighted by molar-refractivity contribution is 6.23. The van der Waals surface area contributed by atoms with Crippen LogP contribution in [-0.4, -0.2) is 58.0 Å². The maximum atomic E-state index is 13.2. The molecule has 0 radical (unpaired) electrons. The summed E-state index contributed by atoms with van der Waals surface area (Å²) in [6.45, 7) is -0.777. The van der Waals surface area contributed by atoms with Gasteiger partial charge in [-0.25, -0.2) is 0 Å². The van der Waals surface area contributed by atoms with E-state index in [0.29, 0.717) is 5.39 Å². The van der Waals surface area contributed by atoms with Crippen LogP contribution in [0.3, 0.4) is 0 Å². The standard InChI is InChI=1S/C17H17F3N4O4/c18-17(19,20)9-2-11(13-6-23-24-14(13)3-9)12-1-8(4-21-16(12)28)15(27)22-5-10(26)7-25/h1-3,6,8,10,25-26H,4-5,7H2,(H,21,28)(H,22,27)(H,23,24). The maximum absolute atomic E-state index is 13.2. The highest BCUT2D eigenvalue weighted by Crippen LogP contribution is 2.35. The van der Waals surface area contributed by atoms with Gasteiger partial charge in [0.25, 0.3) is 5.91 Å². The van der Waals surface area contributed by atoms with E-state index in [4.69, 9.17) is 5.11 Å². The molecule has 5 N–H and O–H groups in total. The predicted molar refractivity (Wildman–Crippen MR) is 91.7 cm³/mol. The number of aromatic nitrogens is 2. The first-order valence-corrected chi connectivity index (χ1v) is 8.32. The predicted octanol–water partition coefficient (Wildman–Crippen LogP) is 0.180. The maximum Gasteiger partial charge on any atom is 0.416 e. The molecule has 28 heavy (non-hydrogen) atoms. The van der Waals surface area contributed by atoms with E-state index < -0.39 is 42.2 Å². The van der Waals surface area contributed by atoms with Crippen molar-refractivity contribution in [3.63, 3.8) is 0 Å². The number of carbonyl (C=O) groups is 2. The second kappa shape index (κ2) is 7.60. The topological polar surface area (TPSA) is 127 Å². The summed E-state index contributed by atoms with van der Waals surface area (Å²) in [5, 5.41) is 29.5. The van der Waals surface area contributed by atoms with Crippen molar-refractivity contribution in [2.24, 2.45) is 5.92 Å². The largest absolute Gasteiger partial charge is 0.416 e. The molecule has 1 aliphatic heterocycles. The van der Waals surface area contributed by atoms with Crippen LogP contribution in [0, 0.1) is 5.92 Å². The van der Waals surface area contributed by atoms with Gasteiger partial charge in [0.2, 0.25) is 5.91 Å². The van der Waals surface area contributed by atoms with Crippen molar-refractivity contribution in [2.75, 3.05) is 19.7 Å². The van der Waals surface area contributed by atoms with Crippen molar-refractivity contribution in [1.82, 2.24) is 20.8 Å². The number of carbonyl (C=O) groups excluding carboxylic acids is 2. The molecular weight excluding hydrogens is 381 g/mol. The van der Waals surface area contributed by atoms with E-state index in [1.807, 2.05) is 0 Å². The number of amides is 2. The smallest absolute Gasteiger partial charge is 0.394 e. The Balaban J connectivity index is 1.99. The van der Waals surface area contributed by atoms with Crippen LogP contribution in [0.5, 0.6) is 0 Å². The lowest BCUT2D eigenvalue weighted by atomic mass is 9.92. The van der Waals surface area contributed by atoms with Crippen LogP contribution in [-0.2, 0) is 15.8 Å². The fraction of sp³-hybridized carbons (Fsp3) is 0.353. The quantitative estimate of drug-likeness (QED) is 0.491. The third kappa shape index (κ3) is 3.99. The fourth-order valence-corrected chi connectivity index (χ4v) is 2.87. The zero-order valence-electron chi connectivity index (χ0n) is 14.4. The summed E-state index contributed by atoms with van der Waals surface area (Å²) in [7, 11) is 0. The highest BCUT2D eigenvalue weighted by Gasteiger charge is 2.34. The number of aliphatic hydroxyl groups is 2. The van der Waals surface area contributed by atoms with Gasteiger partial charge in [-0.15, -0.1) is 0 Å². The molecular formula is C17H17F3N4O4. The molecule has 3 rings (SSSR count). The Bertz CT molecular complexity index is 938. The van der Waals surface area contributed by atoms with Gasteiger partial charge in [0.1, 0.15) is 0 Å². The summed E-state index contributed by atoms with van der Waals surface area (Å²) in [5.41, 5.74) is -0.919. The van der Waals surface area contributed by atoms with Crippen LogP contribution >= 0.6 is 0 Å². The van der Waals surface area contributed by atoms with Crippen molar-refractivity contribution < 1.29 is 33.0 Å². The molecule has 2 amide bonds. The van der Waals surface area contributed by atoms with Crippen molar-refractivity contribution in [3.8, 4) is 0 Å². The minimum absolute atomic E-state index is 0.00367. The molecule has 0 saturated heterocycles. The van der Waals surface area contributed by atoms with Crippen LogP contribution in [0.25, 0.3) is 16.5 Å². The number of nitrogens with zero attached hydrogens (tertiary/aromatic N) is 1. The summed E-state index contributed by atoms with van der Waals surface area (Å²) in [6.07, 6.45) is -3.17. The number of alkyl halides is 3. The molecule has 2 heterocycles. The monoisotopic (exact) mass is 398 g/mol. The highest BCUT2D eigenvalue weighted by atomic mass is 19.4. The van der Waals surface area contributed by atoms with Gasteiger partial charge in [0.05, 0.1) is 35.9 Å². The van der Waals surface area contributed by atoms with Crippen molar-refractivity contribution in [2.45, 2.75) is 12.3 Å².